The summed E-state index contributed by atoms with van der Waals surface area (Å²) in [6.07, 6.45) is -0.761. The maximum absolute atomic E-state index is 14.3. The van der Waals surface area contributed by atoms with Crippen LogP contribution in [0.5, 0.6) is 5.75 Å². The number of rotatable bonds is 3. The molecule has 3 aromatic heterocycles. The predicted molar refractivity (Wildman–Crippen MR) is 112 cm³/mol. The minimum atomic E-state index is -3.22. The summed E-state index contributed by atoms with van der Waals surface area (Å²) in [7, 11) is 0. The zero-order valence-corrected chi connectivity index (χ0v) is 17.2. The van der Waals surface area contributed by atoms with Crippen molar-refractivity contribution in [2.75, 3.05) is 12.3 Å². The van der Waals surface area contributed by atoms with Crippen LogP contribution in [0.1, 0.15) is 39.8 Å². The molecule has 166 valence electrons. The number of hydrogen-bond acceptors (Lipinski definition) is 7. The normalized spacial score (nSPS) is 22.2. The molecule has 1 aromatic carbocycles. The molecule has 1 aliphatic carbocycles. The van der Waals surface area contributed by atoms with E-state index < -0.39 is 12.0 Å². The summed E-state index contributed by atoms with van der Waals surface area (Å²) in [6.45, 7) is 0.847. The van der Waals surface area contributed by atoms with E-state index in [4.69, 9.17) is 10.5 Å². The monoisotopic (exact) mass is 449 g/mol. The highest BCUT2D eigenvalue weighted by atomic mass is 19.3. The standard InChI is InChI=1S/C22H17F2N7O2/c23-22(24)14-8-13(14)10-3-4-12-17(18(10)33-22)28-21(25)31-19(12)27-16(29-31)5-7-30-9-15-11(20(30)32)2-1-6-26-15/h1-4,6,13-14H,5,7-9H2,(H2,25,28). The maximum Gasteiger partial charge on any atom is 0.401 e. The van der Waals surface area contributed by atoms with Crippen LogP contribution in [0.3, 0.4) is 0 Å². The molecule has 2 unspecified atom stereocenters. The number of anilines is 1. The average Bonchev–Trinajstić information content (AvgIpc) is 3.40. The highest BCUT2D eigenvalue weighted by Gasteiger charge is 2.62. The Balaban J connectivity index is 1.24. The topological polar surface area (TPSA) is 112 Å². The van der Waals surface area contributed by atoms with Gasteiger partial charge in [-0.15, -0.1) is 5.10 Å². The van der Waals surface area contributed by atoms with Crippen molar-refractivity contribution in [3.8, 4) is 5.75 Å². The molecule has 0 radical (unpaired) electrons. The van der Waals surface area contributed by atoms with Crippen LogP contribution in [0, 0.1) is 5.92 Å². The molecule has 0 saturated heterocycles. The maximum atomic E-state index is 14.3. The molecule has 5 heterocycles. The molecule has 1 fully saturated rings. The summed E-state index contributed by atoms with van der Waals surface area (Å²) in [5.41, 5.74) is 8.89. The number of amides is 1. The number of nitrogens with two attached hydrogens (primary N) is 1. The fourth-order valence-electron chi connectivity index (χ4n) is 4.95. The second kappa shape index (κ2) is 6.12. The zero-order chi connectivity index (χ0) is 22.5. The van der Waals surface area contributed by atoms with Crippen molar-refractivity contribution in [1.29, 1.82) is 0 Å². The van der Waals surface area contributed by atoms with E-state index in [1.807, 2.05) is 6.07 Å². The number of carbonyl (C=O) groups excluding carboxylic acids is 1. The minimum Gasteiger partial charge on any atom is -0.430 e. The van der Waals surface area contributed by atoms with E-state index in [0.29, 0.717) is 48.4 Å². The van der Waals surface area contributed by atoms with Gasteiger partial charge >= 0.3 is 6.11 Å². The van der Waals surface area contributed by atoms with Crippen molar-refractivity contribution in [3.63, 3.8) is 0 Å². The number of nitrogen functional groups attached to an aromatic ring is 1. The van der Waals surface area contributed by atoms with E-state index in [-0.39, 0.29) is 29.0 Å². The molecule has 0 bridgehead atoms. The molecule has 2 aliphatic heterocycles. The van der Waals surface area contributed by atoms with Crippen molar-refractivity contribution < 1.29 is 18.3 Å². The van der Waals surface area contributed by atoms with Gasteiger partial charge in [-0.25, -0.2) is 9.97 Å². The van der Waals surface area contributed by atoms with Crippen molar-refractivity contribution >= 4 is 28.4 Å². The van der Waals surface area contributed by atoms with Gasteiger partial charge < -0.3 is 15.4 Å². The number of ether oxygens (including phenoxy) is 1. The van der Waals surface area contributed by atoms with E-state index in [9.17, 15) is 13.6 Å². The van der Waals surface area contributed by atoms with Crippen LogP contribution in [0.15, 0.2) is 30.5 Å². The molecule has 9 nitrogen and oxygen atoms in total. The summed E-state index contributed by atoms with van der Waals surface area (Å²) in [4.78, 5) is 27.4. The Morgan fingerprint density at radius 2 is 2.12 bits per heavy atom. The predicted octanol–water partition coefficient (Wildman–Crippen LogP) is 2.54. The number of benzene rings is 1. The van der Waals surface area contributed by atoms with Crippen LogP contribution >= 0.6 is 0 Å². The van der Waals surface area contributed by atoms with E-state index in [2.05, 4.69) is 20.1 Å². The zero-order valence-electron chi connectivity index (χ0n) is 17.2. The Labute approximate surface area is 185 Å². The summed E-state index contributed by atoms with van der Waals surface area (Å²) < 4.78 is 35.1. The summed E-state index contributed by atoms with van der Waals surface area (Å²) in [5.74, 6) is -0.503. The van der Waals surface area contributed by atoms with Crippen LogP contribution in [0.25, 0.3) is 16.6 Å². The van der Waals surface area contributed by atoms with Crippen molar-refractivity contribution in [2.24, 2.45) is 5.92 Å². The van der Waals surface area contributed by atoms with Gasteiger partial charge in [0.2, 0.25) is 5.95 Å². The largest absolute Gasteiger partial charge is 0.430 e. The lowest BCUT2D eigenvalue weighted by molar-refractivity contribution is -0.198. The van der Waals surface area contributed by atoms with Gasteiger partial charge in [-0.1, -0.05) is 6.07 Å². The fraction of sp³-hybridized carbons (Fsp3) is 0.318. The lowest BCUT2D eigenvalue weighted by atomic mass is 10.0. The molecule has 11 heteroatoms. The van der Waals surface area contributed by atoms with E-state index >= 15 is 0 Å². The Morgan fingerprint density at radius 3 is 2.97 bits per heavy atom. The molecule has 33 heavy (non-hydrogen) atoms. The average molecular weight is 449 g/mol. The molecule has 0 spiro atoms. The molecule has 7 rings (SSSR count). The Bertz CT molecular complexity index is 1500. The quantitative estimate of drug-likeness (QED) is 0.512. The van der Waals surface area contributed by atoms with Crippen LogP contribution in [0.2, 0.25) is 0 Å². The molecular formula is C22H17F2N7O2. The van der Waals surface area contributed by atoms with Crippen LogP contribution in [-0.4, -0.2) is 48.0 Å². The first-order valence-corrected chi connectivity index (χ1v) is 10.7. The van der Waals surface area contributed by atoms with Gasteiger partial charge in [0.05, 0.1) is 23.7 Å². The third-order valence-corrected chi connectivity index (χ3v) is 6.71. The first kappa shape index (κ1) is 18.7. The Kier molecular flexibility index (Phi) is 3.46. The summed E-state index contributed by atoms with van der Waals surface area (Å²) >= 11 is 0. The summed E-state index contributed by atoms with van der Waals surface area (Å²) in [6, 6.07) is 7.12. The number of fused-ring (bicyclic) bond motifs is 8. The first-order chi connectivity index (χ1) is 15.9. The van der Waals surface area contributed by atoms with Crippen LogP contribution in [0.4, 0.5) is 14.7 Å². The van der Waals surface area contributed by atoms with Gasteiger partial charge in [-0.2, -0.15) is 13.3 Å². The van der Waals surface area contributed by atoms with Crippen LogP contribution in [-0.2, 0) is 13.0 Å². The second-order valence-electron chi connectivity index (χ2n) is 8.70. The second-order valence-corrected chi connectivity index (χ2v) is 8.70. The lowest BCUT2D eigenvalue weighted by Crippen LogP contribution is -2.31. The third-order valence-electron chi connectivity index (χ3n) is 6.71. The van der Waals surface area contributed by atoms with E-state index in [0.717, 1.165) is 11.3 Å². The number of pyridine rings is 1. The highest BCUT2D eigenvalue weighted by Crippen LogP contribution is 2.62. The number of aromatic nitrogens is 5. The van der Waals surface area contributed by atoms with Gasteiger partial charge in [-0.05, 0) is 24.6 Å². The Hall–Kier alpha value is -3.89. The van der Waals surface area contributed by atoms with Gasteiger partial charge in [0, 0.05) is 36.0 Å². The molecule has 2 N–H and O–H groups in total. The van der Waals surface area contributed by atoms with Crippen LogP contribution < -0.4 is 10.5 Å². The minimum absolute atomic E-state index is 0.0309. The van der Waals surface area contributed by atoms with Gasteiger partial charge in [0.25, 0.3) is 5.91 Å². The number of nitrogens with zero attached hydrogens (tertiary/aromatic N) is 6. The molecular weight excluding hydrogens is 432 g/mol. The van der Waals surface area contributed by atoms with E-state index in [1.165, 1.54) is 4.52 Å². The SMILES string of the molecule is Nc1nc2c3c(ccc2c2nc(CCN4Cc5ncccc5C4=O)nn12)C1CC1C(F)(F)O3. The fourth-order valence-corrected chi connectivity index (χ4v) is 4.95. The van der Waals surface area contributed by atoms with Crippen molar-refractivity contribution in [3.05, 3.63) is 53.1 Å². The van der Waals surface area contributed by atoms with Gasteiger partial charge in [0.15, 0.2) is 17.2 Å². The summed E-state index contributed by atoms with van der Waals surface area (Å²) in [5, 5.41) is 4.97. The number of carbonyl (C=O) groups is 1. The van der Waals surface area contributed by atoms with Crippen molar-refractivity contribution in [1.82, 2.24) is 29.5 Å². The van der Waals surface area contributed by atoms with E-state index in [1.54, 1.807) is 29.3 Å². The Morgan fingerprint density at radius 1 is 1.24 bits per heavy atom. The molecule has 4 aromatic rings. The molecule has 2 atom stereocenters. The van der Waals surface area contributed by atoms with Gasteiger partial charge in [0.1, 0.15) is 5.52 Å². The molecule has 1 saturated carbocycles. The van der Waals surface area contributed by atoms with Crippen molar-refractivity contribution in [2.45, 2.75) is 31.4 Å². The molecule has 3 aliphatic rings. The molecule has 1 amide bonds. The number of halogens is 2. The lowest BCUT2D eigenvalue weighted by Gasteiger charge is -2.25. The first-order valence-electron chi connectivity index (χ1n) is 10.7. The third kappa shape index (κ3) is 2.58. The smallest absolute Gasteiger partial charge is 0.401 e. The van der Waals surface area contributed by atoms with Gasteiger partial charge in [-0.3, -0.25) is 9.78 Å². The highest BCUT2D eigenvalue weighted by molar-refractivity contribution is 5.98. The number of alkyl halides is 2. The number of hydrogen-bond donors (Lipinski definition) is 1.